The zero-order chi connectivity index (χ0) is 24.4. The number of ketones is 1. The molecule has 10 heteroatoms. The summed E-state index contributed by atoms with van der Waals surface area (Å²) in [6.07, 6.45) is 0.936. The van der Waals surface area contributed by atoms with Gasteiger partial charge in [0.2, 0.25) is 0 Å². The Labute approximate surface area is 199 Å². The topological polar surface area (TPSA) is 134 Å². The molecule has 1 aliphatic heterocycles. The summed E-state index contributed by atoms with van der Waals surface area (Å²) in [6.45, 7) is 5.81. The van der Waals surface area contributed by atoms with E-state index in [2.05, 4.69) is 15.3 Å². The zero-order valence-corrected chi connectivity index (χ0v) is 19.6. The van der Waals surface area contributed by atoms with Crippen LogP contribution in [-0.2, 0) is 4.79 Å². The number of allylic oxidation sites excluding steroid dienone is 2. The minimum absolute atomic E-state index is 0.0736. The van der Waals surface area contributed by atoms with Crippen molar-refractivity contribution >= 4 is 29.5 Å². The molecule has 0 saturated heterocycles. The number of aromatic nitrogens is 2. The Morgan fingerprint density at radius 1 is 1.15 bits per heavy atom. The third-order valence-corrected chi connectivity index (χ3v) is 6.48. The summed E-state index contributed by atoms with van der Waals surface area (Å²) < 4.78 is 6.28. The molecule has 1 aliphatic carbocycles. The van der Waals surface area contributed by atoms with Gasteiger partial charge in [0, 0.05) is 23.8 Å². The number of furan rings is 1. The van der Waals surface area contributed by atoms with Crippen LogP contribution in [0, 0.1) is 27.2 Å². The van der Waals surface area contributed by atoms with Crippen LogP contribution < -0.4 is 10.9 Å². The van der Waals surface area contributed by atoms with Gasteiger partial charge >= 0.3 is 0 Å². The molecule has 1 atom stereocenters. The van der Waals surface area contributed by atoms with Crippen molar-refractivity contribution < 1.29 is 14.1 Å². The largest absolute Gasteiger partial charge is 0.460 e. The predicted octanol–water partition coefficient (Wildman–Crippen LogP) is 5.11. The van der Waals surface area contributed by atoms with E-state index in [1.807, 2.05) is 13.8 Å². The molecule has 0 radical (unpaired) electrons. The van der Waals surface area contributed by atoms with Gasteiger partial charge in [-0.25, -0.2) is 0 Å². The lowest BCUT2D eigenvalue weighted by molar-refractivity contribution is -0.384. The number of hydrogen-bond acceptors (Lipinski definition) is 7. The number of rotatable bonds is 3. The van der Waals surface area contributed by atoms with E-state index in [0.29, 0.717) is 46.8 Å². The lowest BCUT2D eigenvalue weighted by Crippen LogP contribution is -2.36. The van der Waals surface area contributed by atoms with E-state index in [0.717, 1.165) is 5.56 Å². The number of benzene rings is 1. The van der Waals surface area contributed by atoms with Gasteiger partial charge in [-0.15, -0.1) is 0 Å². The first-order valence-electron chi connectivity index (χ1n) is 10.8. The molecule has 34 heavy (non-hydrogen) atoms. The van der Waals surface area contributed by atoms with E-state index in [1.54, 1.807) is 31.2 Å². The van der Waals surface area contributed by atoms with Crippen LogP contribution in [0.4, 0.5) is 11.5 Å². The Balaban J connectivity index is 1.71. The zero-order valence-electron chi connectivity index (χ0n) is 18.8. The summed E-state index contributed by atoms with van der Waals surface area (Å²) in [6, 6.07) is 8.18. The Kier molecular flexibility index (Phi) is 4.94. The number of carbonyl (C=O) groups excluding carboxylic acids is 1. The fourth-order valence-corrected chi connectivity index (χ4v) is 5.08. The maximum Gasteiger partial charge on any atom is 0.280 e. The Morgan fingerprint density at radius 2 is 1.91 bits per heavy atom. The molecular formula is C24H22N4O5S. The summed E-state index contributed by atoms with van der Waals surface area (Å²) in [4.78, 5) is 43.0. The number of carbonyl (C=O) groups is 1. The van der Waals surface area contributed by atoms with Crippen molar-refractivity contribution in [1.29, 1.82) is 0 Å². The molecule has 3 heterocycles. The highest BCUT2D eigenvalue weighted by Gasteiger charge is 2.43. The molecule has 2 aliphatic rings. The number of nitrogens with one attached hydrogen (secondary N) is 3. The second kappa shape index (κ2) is 7.63. The molecular weight excluding hydrogens is 456 g/mol. The number of nitro groups is 1. The number of H-pyrrole nitrogens is 2. The van der Waals surface area contributed by atoms with Gasteiger partial charge < -0.3 is 14.7 Å². The molecule has 3 aromatic rings. The van der Waals surface area contributed by atoms with Crippen molar-refractivity contribution in [3.05, 3.63) is 83.7 Å². The number of hydrogen-bond donors (Lipinski definition) is 3. The molecule has 0 saturated carbocycles. The number of anilines is 1. The summed E-state index contributed by atoms with van der Waals surface area (Å²) >= 11 is 5.15. The lowest BCUT2D eigenvalue weighted by atomic mass is 9.70. The van der Waals surface area contributed by atoms with E-state index < -0.39 is 16.4 Å². The van der Waals surface area contributed by atoms with Gasteiger partial charge in [0.25, 0.3) is 11.2 Å². The number of fused-ring (bicyclic) bond motifs is 1. The van der Waals surface area contributed by atoms with Crippen molar-refractivity contribution in [3.8, 4) is 11.3 Å². The Bertz CT molecular complexity index is 1520. The quantitative estimate of drug-likeness (QED) is 0.270. The van der Waals surface area contributed by atoms with Crippen LogP contribution in [0.3, 0.4) is 0 Å². The molecule has 9 nitrogen and oxygen atoms in total. The van der Waals surface area contributed by atoms with Crippen molar-refractivity contribution in [2.24, 2.45) is 5.41 Å². The first-order valence-corrected chi connectivity index (χ1v) is 11.2. The fraction of sp³-hybridized carbons (Fsp3) is 0.292. The van der Waals surface area contributed by atoms with Gasteiger partial charge in [0.15, 0.2) is 10.6 Å². The van der Waals surface area contributed by atoms with Gasteiger partial charge in [0.1, 0.15) is 17.3 Å². The summed E-state index contributed by atoms with van der Waals surface area (Å²) in [5.41, 5.74) is 1.80. The second-order valence-electron chi connectivity index (χ2n) is 9.57. The van der Waals surface area contributed by atoms with E-state index >= 15 is 0 Å². The highest BCUT2D eigenvalue weighted by Crippen LogP contribution is 2.48. The van der Waals surface area contributed by atoms with Crippen molar-refractivity contribution in [3.63, 3.8) is 0 Å². The first kappa shape index (κ1) is 22.0. The average molecular weight is 479 g/mol. The fourth-order valence-electron chi connectivity index (χ4n) is 4.88. The molecule has 0 spiro atoms. The first-order chi connectivity index (χ1) is 16.0. The summed E-state index contributed by atoms with van der Waals surface area (Å²) in [5, 5.41) is 14.9. The number of Topliss-reactive ketones (excluding diaryl/α,β-unsaturated/α-hetero) is 1. The monoisotopic (exact) mass is 478 g/mol. The maximum absolute atomic E-state index is 13.3. The van der Waals surface area contributed by atoms with Gasteiger partial charge in [-0.1, -0.05) is 19.9 Å². The van der Waals surface area contributed by atoms with Gasteiger partial charge in [-0.3, -0.25) is 24.7 Å². The van der Waals surface area contributed by atoms with Gasteiger partial charge in [-0.2, -0.15) is 0 Å². The SMILES string of the molecule is Cc1ccc(-c2ccc(C3C4=C(CC(C)(C)CC4=O)Nc4[nH]c(=S)[nH]c(=O)c43)o2)c([N+](=O)[O-])c1. The summed E-state index contributed by atoms with van der Waals surface area (Å²) in [5.74, 6) is 0.207. The van der Waals surface area contributed by atoms with Crippen LogP contribution in [0.5, 0.6) is 0 Å². The average Bonchev–Trinajstić information content (AvgIpc) is 3.20. The normalized spacial score (nSPS) is 18.8. The van der Waals surface area contributed by atoms with Crippen LogP contribution in [0.1, 0.15) is 49.5 Å². The van der Waals surface area contributed by atoms with Gasteiger partial charge in [0.05, 0.1) is 22.0 Å². The molecule has 0 bridgehead atoms. The van der Waals surface area contributed by atoms with Gasteiger partial charge in [-0.05, 0) is 54.7 Å². The molecule has 174 valence electrons. The van der Waals surface area contributed by atoms with E-state index in [1.165, 1.54) is 6.07 Å². The minimum atomic E-state index is -0.774. The third kappa shape index (κ3) is 3.60. The molecule has 0 fully saturated rings. The lowest BCUT2D eigenvalue weighted by Gasteiger charge is -2.38. The number of aromatic amines is 2. The van der Waals surface area contributed by atoms with Crippen LogP contribution in [-0.4, -0.2) is 20.7 Å². The molecule has 0 amide bonds. The molecule has 5 rings (SSSR count). The van der Waals surface area contributed by atoms with Crippen LogP contribution in [0.25, 0.3) is 11.3 Å². The maximum atomic E-state index is 13.3. The van der Waals surface area contributed by atoms with E-state index in [-0.39, 0.29) is 27.4 Å². The van der Waals surface area contributed by atoms with Crippen molar-refractivity contribution in [2.45, 2.75) is 39.5 Å². The van der Waals surface area contributed by atoms with Crippen LogP contribution >= 0.6 is 12.2 Å². The molecule has 1 aromatic carbocycles. The third-order valence-electron chi connectivity index (χ3n) is 6.28. The molecule has 1 unspecified atom stereocenters. The van der Waals surface area contributed by atoms with Crippen molar-refractivity contribution in [1.82, 2.24) is 9.97 Å². The van der Waals surface area contributed by atoms with E-state index in [4.69, 9.17) is 16.6 Å². The predicted molar refractivity (Wildman–Crippen MR) is 128 cm³/mol. The smallest absolute Gasteiger partial charge is 0.280 e. The minimum Gasteiger partial charge on any atom is -0.460 e. The molecule has 3 N–H and O–H groups in total. The number of aryl methyl sites for hydroxylation is 1. The molecule has 2 aromatic heterocycles. The number of nitrogens with zero attached hydrogens (tertiary/aromatic N) is 1. The summed E-state index contributed by atoms with van der Waals surface area (Å²) in [7, 11) is 0. The number of nitro benzene ring substituents is 1. The highest BCUT2D eigenvalue weighted by molar-refractivity contribution is 7.71. The van der Waals surface area contributed by atoms with Crippen LogP contribution in [0.15, 0.2) is 50.8 Å². The standard InChI is InChI=1S/C24H22N4O5S/c1-11-4-5-12(14(8-11)28(31)32)16-6-7-17(33-16)19-18-13(9-24(2,3)10-15(18)29)25-21-20(19)22(30)27-23(34)26-21/h4-8,19H,9-10H2,1-3H3,(H3,25,26,27,30,34). The second-order valence-corrected chi connectivity index (χ2v) is 9.98. The Morgan fingerprint density at radius 3 is 2.65 bits per heavy atom. The van der Waals surface area contributed by atoms with Crippen LogP contribution in [0.2, 0.25) is 0 Å². The van der Waals surface area contributed by atoms with E-state index in [9.17, 15) is 19.7 Å². The highest BCUT2D eigenvalue weighted by atomic mass is 32.1. The van der Waals surface area contributed by atoms with Crippen molar-refractivity contribution in [2.75, 3.05) is 5.32 Å². The Hall–Kier alpha value is -3.79.